The molecule has 0 bridgehead atoms. The summed E-state index contributed by atoms with van der Waals surface area (Å²) in [6.45, 7) is 1.21. The van der Waals surface area contributed by atoms with Crippen LogP contribution in [0.15, 0.2) is 18.2 Å². The van der Waals surface area contributed by atoms with Crippen LogP contribution in [0.25, 0.3) is 0 Å². The van der Waals surface area contributed by atoms with Crippen molar-refractivity contribution in [3.8, 4) is 0 Å². The quantitative estimate of drug-likeness (QED) is 0.844. The maximum atomic E-state index is 13.1. The fraction of sp³-hybridized carbons (Fsp3) is 0.467. The van der Waals surface area contributed by atoms with Crippen LogP contribution in [0.3, 0.4) is 0 Å². The minimum Gasteiger partial charge on any atom is -0.465 e. The second kappa shape index (κ2) is 6.72. The maximum absolute atomic E-state index is 13.1. The molecule has 1 aromatic rings. The predicted molar refractivity (Wildman–Crippen MR) is 85.9 cm³/mol. The standard InChI is InChI=1S/C15H17ClF3N3O3/c1-9(23)14(20-2)8-21(5-6-22(14)13(24)25)10-3-4-12(16)11(7-10)15(17,18)19/h3-4,7,20H,5-6,8H2,1-2H3,(H,24,25). The van der Waals surface area contributed by atoms with Crippen molar-refractivity contribution in [2.24, 2.45) is 0 Å². The Bertz CT molecular complexity index is 698. The highest BCUT2D eigenvalue weighted by Crippen LogP contribution is 2.37. The molecule has 138 valence electrons. The SMILES string of the molecule is CNC1(C(C)=O)CN(c2ccc(Cl)c(C(F)(F)F)c2)CCN1C(=O)O. The number of carbonyl (C=O) groups is 2. The van der Waals surface area contributed by atoms with E-state index in [0.717, 1.165) is 17.0 Å². The third-order valence-corrected chi connectivity index (χ3v) is 4.65. The van der Waals surface area contributed by atoms with Crippen molar-refractivity contribution in [2.45, 2.75) is 18.8 Å². The molecule has 1 aromatic carbocycles. The second-order valence-electron chi connectivity index (χ2n) is 5.68. The summed E-state index contributed by atoms with van der Waals surface area (Å²) >= 11 is 5.63. The Balaban J connectivity index is 2.43. The Labute approximate surface area is 147 Å². The number of nitrogens with zero attached hydrogens (tertiary/aromatic N) is 2. The number of halogens is 4. The number of piperazine rings is 1. The van der Waals surface area contributed by atoms with Gasteiger partial charge in [0.15, 0.2) is 11.4 Å². The normalized spacial score (nSPS) is 21.4. The molecule has 1 aliphatic heterocycles. The van der Waals surface area contributed by atoms with Crippen LogP contribution in [0.1, 0.15) is 12.5 Å². The molecule has 10 heteroatoms. The fourth-order valence-corrected chi connectivity index (χ4v) is 3.17. The number of nitrogens with one attached hydrogen (secondary N) is 1. The summed E-state index contributed by atoms with van der Waals surface area (Å²) in [5.74, 6) is -0.452. The number of carbonyl (C=O) groups excluding carboxylic acids is 1. The lowest BCUT2D eigenvalue weighted by atomic mass is 9.99. The first kappa shape index (κ1) is 19.3. The number of rotatable bonds is 3. The topological polar surface area (TPSA) is 72.9 Å². The van der Waals surface area contributed by atoms with Crippen LogP contribution in [0.4, 0.5) is 23.7 Å². The van der Waals surface area contributed by atoms with Gasteiger partial charge in [-0.25, -0.2) is 4.79 Å². The van der Waals surface area contributed by atoms with Crippen molar-refractivity contribution in [3.63, 3.8) is 0 Å². The molecule has 1 heterocycles. The minimum absolute atomic E-state index is 0.0419. The van der Waals surface area contributed by atoms with Crippen molar-refractivity contribution in [2.75, 3.05) is 31.6 Å². The van der Waals surface area contributed by atoms with E-state index in [1.54, 1.807) is 0 Å². The van der Waals surface area contributed by atoms with Gasteiger partial charge >= 0.3 is 12.3 Å². The summed E-state index contributed by atoms with van der Waals surface area (Å²) in [6.07, 6.45) is -5.90. The Morgan fingerprint density at radius 1 is 1.32 bits per heavy atom. The van der Waals surface area contributed by atoms with Crippen molar-refractivity contribution in [3.05, 3.63) is 28.8 Å². The molecular weight excluding hydrogens is 363 g/mol. The van der Waals surface area contributed by atoms with Gasteiger partial charge in [-0.3, -0.25) is 15.0 Å². The second-order valence-corrected chi connectivity index (χ2v) is 6.09. The molecular formula is C15H17ClF3N3O3. The van der Waals surface area contributed by atoms with Crippen LogP contribution < -0.4 is 10.2 Å². The van der Waals surface area contributed by atoms with Gasteiger partial charge in [0, 0.05) is 18.8 Å². The largest absolute Gasteiger partial charge is 0.465 e. The summed E-state index contributed by atoms with van der Waals surface area (Å²) < 4.78 is 39.2. The van der Waals surface area contributed by atoms with Crippen LogP contribution in [0.5, 0.6) is 0 Å². The highest BCUT2D eigenvalue weighted by molar-refractivity contribution is 6.31. The lowest BCUT2D eigenvalue weighted by Gasteiger charge is -2.48. The molecule has 0 aromatic heterocycles. The van der Waals surface area contributed by atoms with Gasteiger partial charge in [-0.15, -0.1) is 0 Å². The van der Waals surface area contributed by atoms with Gasteiger partial charge in [0.2, 0.25) is 0 Å². The predicted octanol–water partition coefficient (Wildman–Crippen LogP) is 2.66. The molecule has 6 nitrogen and oxygen atoms in total. The Morgan fingerprint density at radius 3 is 2.44 bits per heavy atom. The van der Waals surface area contributed by atoms with Gasteiger partial charge in [-0.2, -0.15) is 13.2 Å². The molecule has 1 saturated heterocycles. The van der Waals surface area contributed by atoms with Crippen LogP contribution in [-0.4, -0.2) is 54.2 Å². The molecule has 1 aliphatic rings. The first-order valence-electron chi connectivity index (χ1n) is 7.35. The number of ketones is 1. The van der Waals surface area contributed by atoms with E-state index in [9.17, 15) is 27.9 Å². The molecule has 1 amide bonds. The van der Waals surface area contributed by atoms with E-state index in [2.05, 4.69) is 5.32 Å². The van der Waals surface area contributed by atoms with Gasteiger partial charge < -0.3 is 10.0 Å². The number of Topliss-reactive ketones (excluding diaryl/α,β-unsaturated/α-hetero) is 1. The molecule has 25 heavy (non-hydrogen) atoms. The van der Waals surface area contributed by atoms with Crippen LogP contribution in [0, 0.1) is 0 Å². The van der Waals surface area contributed by atoms with Crippen LogP contribution in [0.2, 0.25) is 5.02 Å². The molecule has 1 atom stereocenters. The average Bonchev–Trinajstić information content (AvgIpc) is 2.53. The molecule has 2 rings (SSSR count). The van der Waals surface area contributed by atoms with Gasteiger partial charge in [0.1, 0.15) is 0 Å². The third-order valence-electron chi connectivity index (χ3n) is 4.32. The number of carboxylic acid groups (broad SMARTS) is 1. The molecule has 0 spiro atoms. The van der Waals surface area contributed by atoms with E-state index >= 15 is 0 Å². The molecule has 1 unspecified atom stereocenters. The smallest absolute Gasteiger partial charge is 0.417 e. The third kappa shape index (κ3) is 3.52. The molecule has 0 radical (unpaired) electrons. The number of benzene rings is 1. The Morgan fingerprint density at radius 2 is 1.96 bits per heavy atom. The number of amides is 1. The minimum atomic E-state index is -4.61. The van der Waals surface area contributed by atoms with E-state index < -0.39 is 34.3 Å². The van der Waals surface area contributed by atoms with Crippen LogP contribution >= 0.6 is 11.6 Å². The van der Waals surface area contributed by atoms with Gasteiger partial charge in [0.05, 0.1) is 17.1 Å². The number of likely N-dealkylation sites (N-methyl/N-ethyl adjacent to an activating group) is 1. The first-order chi connectivity index (χ1) is 11.5. The van der Waals surface area contributed by atoms with Crippen LogP contribution in [-0.2, 0) is 11.0 Å². The highest BCUT2D eigenvalue weighted by atomic mass is 35.5. The number of hydrogen-bond donors (Lipinski definition) is 2. The van der Waals surface area contributed by atoms with Gasteiger partial charge in [0.25, 0.3) is 0 Å². The average molecular weight is 380 g/mol. The number of hydrogen-bond acceptors (Lipinski definition) is 4. The molecule has 1 fully saturated rings. The summed E-state index contributed by atoms with van der Waals surface area (Å²) in [4.78, 5) is 26.1. The lowest BCUT2D eigenvalue weighted by Crippen LogP contribution is -2.73. The summed E-state index contributed by atoms with van der Waals surface area (Å²) in [5.41, 5.74) is -2.31. The van der Waals surface area contributed by atoms with Crippen molar-refractivity contribution >= 4 is 29.2 Å². The lowest BCUT2D eigenvalue weighted by molar-refractivity contribution is -0.137. The molecule has 0 saturated carbocycles. The summed E-state index contributed by atoms with van der Waals surface area (Å²) in [5, 5.41) is 11.6. The van der Waals surface area contributed by atoms with E-state index in [-0.39, 0.29) is 25.3 Å². The number of anilines is 1. The zero-order chi connectivity index (χ0) is 19.0. The van der Waals surface area contributed by atoms with Gasteiger partial charge in [-0.05, 0) is 32.2 Å². The summed E-state index contributed by atoms with van der Waals surface area (Å²) in [6, 6.07) is 3.45. The van der Waals surface area contributed by atoms with Crippen molar-refractivity contribution in [1.29, 1.82) is 0 Å². The maximum Gasteiger partial charge on any atom is 0.417 e. The Hall–Kier alpha value is -2.00. The zero-order valence-electron chi connectivity index (χ0n) is 13.5. The van der Waals surface area contributed by atoms with Crippen molar-refractivity contribution < 1.29 is 27.9 Å². The molecule has 0 aliphatic carbocycles. The zero-order valence-corrected chi connectivity index (χ0v) is 14.3. The van der Waals surface area contributed by atoms with E-state index in [4.69, 9.17) is 11.6 Å². The first-order valence-corrected chi connectivity index (χ1v) is 7.73. The fourth-order valence-electron chi connectivity index (χ4n) is 2.95. The van der Waals surface area contributed by atoms with E-state index in [0.29, 0.717) is 0 Å². The van der Waals surface area contributed by atoms with E-state index in [1.165, 1.54) is 24.9 Å². The van der Waals surface area contributed by atoms with Crippen molar-refractivity contribution in [1.82, 2.24) is 10.2 Å². The summed E-state index contributed by atoms with van der Waals surface area (Å²) in [7, 11) is 1.43. The number of alkyl halides is 3. The highest BCUT2D eigenvalue weighted by Gasteiger charge is 2.47. The Kier molecular flexibility index (Phi) is 5.19. The monoisotopic (exact) mass is 379 g/mol. The van der Waals surface area contributed by atoms with Gasteiger partial charge in [-0.1, -0.05) is 11.6 Å². The van der Waals surface area contributed by atoms with E-state index in [1.807, 2.05) is 0 Å². The molecule has 2 N–H and O–H groups in total.